The first-order chi connectivity index (χ1) is 11.9. The molecule has 1 aliphatic heterocycles. The number of hydrogen-bond acceptors (Lipinski definition) is 4. The van der Waals surface area contributed by atoms with Crippen molar-refractivity contribution in [2.24, 2.45) is 5.92 Å². The van der Waals surface area contributed by atoms with E-state index in [4.69, 9.17) is 0 Å². The number of imidazole rings is 1. The molecule has 3 aromatic rings. The summed E-state index contributed by atoms with van der Waals surface area (Å²) in [7, 11) is 0. The molecule has 2 aromatic heterocycles. The molecule has 0 aliphatic carbocycles. The monoisotopic (exact) mass is 322 g/mol. The van der Waals surface area contributed by atoms with Gasteiger partial charge in [0.2, 0.25) is 0 Å². The molecule has 0 unspecified atom stereocenters. The Bertz CT molecular complexity index is 776. The van der Waals surface area contributed by atoms with Crippen molar-refractivity contribution in [1.29, 1.82) is 0 Å². The summed E-state index contributed by atoms with van der Waals surface area (Å²) in [5.74, 6) is 1.68. The molecule has 0 fully saturated rings. The molecule has 2 N–H and O–H groups in total. The van der Waals surface area contributed by atoms with Crippen molar-refractivity contribution in [3.8, 4) is 0 Å². The van der Waals surface area contributed by atoms with Crippen LogP contribution in [0.1, 0.15) is 11.1 Å². The molecular weight excluding hydrogens is 300 g/mol. The van der Waals surface area contributed by atoms with Crippen LogP contribution >= 0.6 is 0 Å². The van der Waals surface area contributed by atoms with E-state index in [0.29, 0.717) is 5.92 Å². The smallest absolute Gasteiger partial charge is 0.124 e. The van der Waals surface area contributed by atoms with E-state index in [1.807, 2.05) is 35.7 Å². The Labute approximate surface area is 141 Å². The lowest BCUT2D eigenvalue weighted by molar-refractivity contribution is 0.391. The predicted octanol–water partition coefficient (Wildman–Crippen LogP) is 1.96. The van der Waals surface area contributed by atoms with E-state index in [1.54, 1.807) is 0 Å². The lowest BCUT2D eigenvalue weighted by atomic mass is 10.1. The maximum Gasteiger partial charge on any atom is 0.124 e. The average molecular weight is 322 g/mol. The standard InChI is InChI=1S/C18H22N6/c1-2-4-17(13-23-8-7-19-14-23)16(3-1)11-20-9-15-10-21-18-5-6-22-24(18)12-15/h1-8,14-15,20-21H,9-13H2/t15-/m0/s1. The maximum atomic E-state index is 4.35. The van der Waals surface area contributed by atoms with Gasteiger partial charge < -0.3 is 15.2 Å². The van der Waals surface area contributed by atoms with Crippen molar-refractivity contribution in [2.75, 3.05) is 18.4 Å². The second-order valence-corrected chi connectivity index (χ2v) is 6.28. The summed E-state index contributed by atoms with van der Waals surface area (Å²) in [6, 6.07) is 10.6. The molecule has 124 valence electrons. The van der Waals surface area contributed by atoms with E-state index >= 15 is 0 Å². The first-order valence-electron chi connectivity index (χ1n) is 8.37. The highest BCUT2D eigenvalue weighted by molar-refractivity contribution is 5.35. The van der Waals surface area contributed by atoms with Gasteiger partial charge in [0.25, 0.3) is 0 Å². The topological polar surface area (TPSA) is 59.7 Å². The number of nitrogens with zero attached hydrogens (tertiary/aromatic N) is 4. The van der Waals surface area contributed by atoms with E-state index in [9.17, 15) is 0 Å². The van der Waals surface area contributed by atoms with Gasteiger partial charge in [-0.15, -0.1) is 0 Å². The molecule has 0 amide bonds. The van der Waals surface area contributed by atoms with Gasteiger partial charge >= 0.3 is 0 Å². The fraction of sp³-hybridized carbons (Fsp3) is 0.333. The summed E-state index contributed by atoms with van der Waals surface area (Å²) in [6.07, 6.45) is 7.53. The molecule has 0 bridgehead atoms. The number of benzene rings is 1. The zero-order valence-electron chi connectivity index (χ0n) is 13.6. The van der Waals surface area contributed by atoms with Gasteiger partial charge in [-0.1, -0.05) is 24.3 Å². The number of anilines is 1. The lowest BCUT2D eigenvalue weighted by Crippen LogP contribution is -2.35. The first-order valence-corrected chi connectivity index (χ1v) is 8.37. The molecule has 0 spiro atoms. The van der Waals surface area contributed by atoms with Crippen LogP contribution in [0.4, 0.5) is 5.82 Å². The number of rotatable bonds is 6. The summed E-state index contributed by atoms with van der Waals surface area (Å²) in [5, 5.41) is 11.4. The molecule has 1 aromatic carbocycles. The molecular formula is C18H22N6. The molecule has 0 radical (unpaired) electrons. The fourth-order valence-electron chi connectivity index (χ4n) is 3.20. The Kier molecular flexibility index (Phi) is 4.29. The lowest BCUT2D eigenvalue weighted by Gasteiger charge is -2.25. The van der Waals surface area contributed by atoms with Gasteiger partial charge in [-0.25, -0.2) is 9.67 Å². The van der Waals surface area contributed by atoms with Crippen LogP contribution in [0.2, 0.25) is 0 Å². The highest BCUT2D eigenvalue weighted by atomic mass is 15.3. The van der Waals surface area contributed by atoms with E-state index in [2.05, 4.69) is 49.5 Å². The van der Waals surface area contributed by atoms with Gasteiger partial charge in [-0.2, -0.15) is 5.10 Å². The highest BCUT2D eigenvalue weighted by Crippen LogP contribution is 2.16. The van der Waals surface area contributed by atoms with Crippen LogP contribution in [0.25, 0.3) is 0 Å². The highest BCUT2D eigenvalue weighted by Gasteiger charge is 2.17. The minimum atomic E-state index is 0.554. The van der Waals surface area contributed by atoms with Gasteiger partial charge in [-0.05, 0) is 11.1 Å². The van der Waals surface area contributed by atoms with Gasteiger partial charge in [-0.3, -0.25) is 0 Å². The third-order valence-electron chi connectivity index (χ3n) is 4.50. The molecule has 24 heavy (non-hydrogen) atoms. The summed E-state index contributed by atoms with van der Waals surface area (Å²) in [5.41, 5.74) is 2.67. The third kappa shape index (κ3) is 3.33. The normalized spacial score (nSPS) is 16.6. The van der Waals surface area contributed by atoms with Crippen molar-refractivity contribution in [3.63, 3.8) is 0 Å². The molecule has 6 nitrogen and oxygen atoms in total. The molecule has 1 atom stereocenters. The van der Waals surface area contributed by atoms with Crippen molar-refractivity contribution < 1.29 is 0 Å². The van der Waals surface area contributed by atoms with Crippen molar-refractivity contribution in [3.05, 3.63) is 66.4 Å². The van der Waals surface area contributed by atoms with E-state index in [0.717, 1.165) is 38.5 Å². The molecule has 0 saturated heterocycles. The van der Waals surface area contributed by atoms with Crippen LogP contribution in [-0.4, -0.2) is 32.4 Å². The number of hydrogen-bond donors (Lipinski definition) is 2. The molecule has 0 saturated carbocycles. The largest absolute Gasteiger partial charge is 0.370 e. The van der Waals surface area contributed by atoms with Crippen LogP contribution in [0, 0.1) is 5.92 Å². The second-order valence-electron chi connectivity index (χ2n) is 6.28. The van der Waals surface area contributed by atoms with Crippen LogP contribution in [-0.2, 0) is 19.6 Å². The van der Waals surface area contributed by atoms with Crippen LogP contribution < -0.4 is 10.6 Å². The van der Waals surface area contributed by atoms with Gasteiger partial charge in [0, 0.05) is 57.1 Å². The zero-order valence-corrected chi connectivity index (χ0v) is 13.6. The summed E-state index contributed by atoms with van der Waals surface area (Å²) in [6.45, 7) is 4.69. The second kappa shape index (κ2) is 6.88. The number of fused-ring (bicyclic) bond motifs is 1. The molecule has 1 aliphatic rings. The Morgan fingerprint density at radius 2 is 2.08 bits per heavy atom. The van der Waals surface area contributed by atoms with Gasteiger partial charge in [0.15, 0.2) is 0 Å². The SMILES string of the molecule is c1ccc(Cn2ccnc2)c(CNC[C@H]2CNc3ccnn3C2)c1. The Morgan fingerprint density at radius 1 is 1.17 bits per heavy atom. The van der Waals surface area contributed by atoms with Crippen LogP contribution in [0.15, 0.2) is 55.2 Å². The summed E-state index contributed by atoms with van der Waals surface area (Å²) < 4.78 is 4.14. The fourth-order valence-corrected chi connectivity index (χ4v) is 3.20. The van der Waals surface area contributed by atoms with Crippen molar-refractivity contribution in [1.82, 2.24) is 24.6 Å². The van der Waals surface area contributed by atoms with Gasteiger partial charge in [0.05, 0.1) is 12.5 Å². The maximum absolute atomic E-state index is 4.35. The number of aromatic nitrogens is 4. The van der Waals surface area contributed by atoms with Gasteiger partial charge in [0.1, 0.15) is 5.82 Å². The summed E-state index contributed by atoms with van der Waals surface area (Å²) in [4.78, 5) is 4.12. The van der Waals surface area contributed by atoms with E-state index in [-0.39, 0.29) is 0 Å². The quantitative estimate of drug-likeness (QED) is 0.728. The van der Waals surface area contributed by atoms with Crippen LogP contribution in [0.5, 0.6) is 0 Å². The predicted molar refractivity (Wildman–Crippen MR) is 93.7 cm³/mol. The Morgan fingerprint density at radius 3 is 2.96 bits per heavy atom. The minimum Gasteiger partial charge on any atom is -0.370 e. The number of nitrogens with one attached hydrogen (secondary N) is 2. The minimum absolute atomic E-state index is 0.554. The van der Waals surface area contributed by atoms with E-state index in [1.165, 1.54) is 11.1 Å². The molecule has 6 heteroatoms. The Hall–Kier alpha value is -2.60. The van der Waals surface area contributed by atoms with Crippen LogP contribution in [0.3, 0.4) is 0 Å². The summed E-state index contributed by atoms with van der Waals surface area (Å²) >= 11 is 0. The van der Waals surface area contributed by atoms with Crippen molar-refractivity contribution in [2.45, 2.75) is 19.6 Å². The average Bonchev–Trinajstić information content (AvgIpc) is 3.27. The third-order valence-corrected chi connectivity index (χ3v) is 4.50. The van der Waals surface area contributed by atoms with Crippen molar-refractivity contribution >= 4 is 5.82 Å². The molecule has 4 rings (SSSR count). The molecule has 3 heterocycles. The zero-order chi connectivity index (χ0) is 16.2. The first kappa shape index (κ1) is 15.0. The Balaban J connectivity index is 1.33. The van der Waals surface area contributed by atoms with E-state index < -0.39 is 0 Å².